The number of carbonyl (C=O) groups is 1. The summed E-state index contributed by atoms with van der Waals surface area (Å²) in [6, 6.07) is 7.23. The Labute approximate surface area is 207 Å². The molecule has 3 aromatic rings. The number of rotatable bonds is 7. The van der Waals surface area contributed by atoms with E-state index in [-0.39, 0.29) is 18.0 Å². The lowest BCUT2D eigenvalue weighted by molar-refractivity contribution is -0.117. The van der Waals surface area contributed by atoms with Gasteiger partial charge in [0.2, 0.25) is 11.9 Å². The van der Waals surface area contributed by atoms with Crippen LogP contribution in [0.2, 0.25) is 10.0 Å². The molecule has 2 aromatic carbocycles. The molecule has 0 bridgehead atoms. The first-order chi connectivity index (χ1) is 16.4. The van der Waals surface area contributed by atoms with Crippen molar-refractivity contribution in [2.75, 3.05) is 32.6 Å². The Morgan fingerprint density at radius 3 is 2.59 bits per heavy atom. The predicted molar refractivity (Wildman–Crippen MR) is 135 cm³/mol. The number of hydrogen-bond donors (Lipinski definition) is 3. The van der Waals surface area contributed by atoms with Gasteiger partial charge >= 0.3 is 0 Å². The third-order valence-electron chi connectivity index (χ3n) is 5.75. The van der Waals surface area contributed by atoms with Crippen molar-refractivity contribution in [2.45, 2.75) is 18.5 Å². The minimum atomic E-state index is -0.197. The molecule has 0 radical (unpaired) electrons. The Morgan fingerprint density at radius 1 is 1.18 bits per heavy atom. The Balaban J connectivity index is 1.63. The maximum Gasteiger partial charge on any atom is 0.243 e. The van der Waals surface area contributed by atoms with E-state index in [1.165, 1.54) is 20.3 Å². The molecule has 1 aromatic heterocycles. The Morgan fingerprint density at radius 2 is 1.91 bits per heavy atom. The highest BCUT2D eigenvalue weighted by Gasteiger charge is 2.26. The van der Waals surface area contributed by atoms with E-state index < -0.39 is 0 Å². The zero-order valence-electron chi connectivity index (χ0n) is 18.8. The number of piperidine rings is 1. The number of halogens is 2. The second kappa shape index (κ2) is 10.5. The van der Waals surface area contributed by atoms with Gasteiger partial charge in [0, 0.05) is 29.8 Å². The summed E-state index contributed by atoms with van der Waals surface area (Å²) < 4.78 is 10.8. The molecule has 10 heteroatoms. The van der Waals surface area contributed by atoms with Crippen LogP contribution >= 0.6 is 23.2 Å². The van der Waals surface area contributed by atoms with Gasteiger partial charge in [-0.15, -0.1) is 0 Å². The number of nitrogens with zero attached hydrogens (tertiary/aromatic N) is 2. The van der Waals surface area contributed by atoms with Gasteiger partial charge in [0.1, 0.15) is 11.5 Å². The Hall–Kier alpha value is -3.07. The first-order valence-electron chi connectivity index (χ1n) is 10.7. The van der Waals surface area contributed by atoms with Crippen LogP contribution in [0.5, 0.6) is 11.5 Å². The van der Waals surface area contributed by atoms with Gasteiger partial charge in [-0.3, -0.25) is 4.79 Å². The largest absolute Gasteiger partial charge is 0.495 e. The number of ether oxygens (including phenoxy) is 2. The fraction of sp³-hybridized carbons (Fsp3) is 0.292. The quantitative estimate of drug-likeness (QED) is 0.419. The predicted octanol–water partition coefficient (Wildman–Crippen LogP) is 4.07. The third kappa shape index (κ3) is 4.89. The maximum absolute atomic E-state index is 11.8. The molecule has 178 valence electrons. The van der Waals surface area contributed by atoms with E-state index in [0.717, 1.165) is 29.4 Å². The summed E-state index contributed by atoms with van der Waals surface area (Å²) >= 11 is 13.1. The minimum absolute atomic E-state index is 0.0549. The third-order valence-corrected chi connectivity index (χ3v) is 6.50. The molecule has 0 unspecified atom stereocenters. The molecule has 0 spiro atoms. The fourth-order valence-corrected chi connectivity index (χ4v) is 4.71. The second-order valence-electron chi connectivity index (χ2n) is 7.81. The molecule has 2 atom stereocenters. The van der Waals surface area contributed by atoms with Gasteiger partial charge in [0.05, 0.1) is 41.9 Å². The average molecular weight is 502 g/mol. The summed E-state index contributed by atoms with van der Waals surface area (Å²) in [4.78, 5) is 20.9. The van der Waals surface area contributed by atoms with E-state index in [2.05, 4.69) is 32.5 Å². The summed E-state index contributed by atoms with van der Waals surface area (Å²) in [5.41, 5.74) is 2.14. The van der Waals surface area contributed by atoms with Crippen LogP contribution < -0.4 is 25.4 Å². The highest BCUT2D eigenvalue weighted by Crippen LogP contribution is 2.46. The van der Waals surface area contributed by atoms with Gasteiger partial charge in [0.25, 0.3) is 0 Å². The van der Waals surface area contributed by atoms with Gasteiger partial charge in [-0.1, -0.05) is 35.8 Å². The molecule has 2 heterocycles. The first-order valence-corrected chi connectivity index (χ1v) is 11.5. The van der Waals surface area contributed by atoms with E-state index in [4.69, 9.17) is 32.7 Å². The van der Waals surface area contributed by atoms with Gasteiger partial charge < -0.3 is 25.4 Å². The minimum Gasteiger partial charge on any atom is -0.495 e. The smallest absolute Gasteiger partial charge is 0.243 e. The molecule has 34 heavy (non-hydrogen) atoms. The molecular formula is C24H25Cl2N5O3. The number of carbonyl (C=O) groups excluding carboxylic acids is 1. The molecule has 1 saturated heterocycles. The molecule has 4 rings (SSSR count). The van der Waals surface area contributed by atoms with E-state index in [1.807, 2.05) is 18.2 Å². The van der Waals surface area contributed by atoms with Crippen molar-refractivity contribution in [1.29, 1.82) is 0 Å². The molecule has 1 aliphatic rings. The number of methoxy groups -OCH3 is 2. The van der Waals surface area contributed by atoms with Crippen LogP contribution in [0.15, 0.2) is 43.1 Å². The number of hydrogen-bond acceptors (Lipinski definition) is 7. The maximum atomic E-state index is 11.8. The highest BCUT2D eigenvalue weighted by molar-refractivity contribution is 6.41. The monoisotopic (exact) mass is 501 g/mol. The standard InChI is InChI=1S/C24H25Cl2N5O3/c1-4-20(32)29-16-7-8-27-12-17(16)31-24-28-11-14-9-13(5-6-15(14)30-24)21-22(25)18(33-2)10-19(34-3)23(21)26/h4-6,9-11,16-17,27H,1,7-8,12H2,2-3H3,(H,29,32)(H,28,30,31)/t16-,17+/m0/s1. The van der Waals surface area contributed by atoms with Crippen LogP contribution in [0.4, 0.5) is 5.95 Å². The van der Waals surface area contributed by atoms with Crippen molar-refractivity contribution in [3.05, 3.63) is 53.2 Å². The van der Waals surface area contributed by atoms with E-state index in [1.54, 1.807) is 12.3 Å². The lowest BCUT2D eigenvalue weighted by atomic mass is 10.0. The summed E-state index contributed by atoms with van der Waals surface area (Å²) in [6.07, 6.45) is 3.81. The molecule has 3 N–H and O–H groups in total. The Kier molecular flexibility index (Phi) is 7.41. The second-order valence-corrected chi connectivity index (χ2v) is 8.57. The molecule has 1 aliphatic heterocycles. The lowest BCUT2D eigenvalue weighted by Crippen LogP contribution is -2.55. The van der Waals surface area contributed by atoms with Crippen molar-refractivity contribution in [2.24, 2.45) is 0 Å². The van der Waals surface area contributed by atoms with Crippen LogP contribution in [0.25, 0.3) is 22.0 Å². The number of fused-ring (bicyclic) bond motifs is 1. The zero-order valence-corrected chi connectivity index (χ0v) is 20.3. The van der Waals surface area contributed by atoms with Crippen molar-refractivity contribution >= 4 is 46.0 Å². The SMILES string of the molecule is C=CC(=O)N[C@H]1CCNC[C@H]1Nc1ncc2cc(-c3c(Cl)c(OC)cc(OC)c3Cl)ccc2n1. The first kappa shape index (κ1) is 24.1. The van der Waals surface area contributed by atoms with Gasteiger partial charge in [0.15, 0.2) is 0 Å². The van der Waals surface area contributed by atoms with Crippen molar-refractivity contribution in [1.82, 2.24) is 20.6 Å². The topological polar surface area (TPSA) is 97.4 Å². The van der Waals surface area contributed by atoms with Crippen LogP contribution in [0.1, 0.15) is 6.42 Å². The van der Waals surface area contributed by atoms with Gasteiger partial charge in [-0.05, 0) is 36.7 Å². The molecule has 1 amide bonds. The molecule has 0 aliphatic carbocycles. The van der Waals surface area contributed by atoms with Crippen molar-refractivity contribution < 1.29 is 14.3 Å². The van der Waals surface area contributed by atoms with Crippen LogP contribution in [-0.2, 0) is 4.79 Å². The zero-order chi connectivity index (χ0) is 24.2. The number of amides is 1. The number of anilines is 1. The van der Waals surface area contributed by atoms with E-state index >= 15 is 0 Å². The van der Waals surface area contributed by atoms with Crippen LogP contribution in [0.3, 0.4) is 0 Å². The summed E-state index contributed by atoms with van der Waals surface area (Å²) in [6.45, 7) is 5.02. The summed E-state index contributed by atoms with van der Waals surface area (Å²) in [5, 5.41) is 11.2. The van der Waals surface area contributed by atoms with Crippen molar-refractivity contribution in [3.8, 4) is 22.6 Å². The molecule has 0 saturated carbocycles. The lowest BCUT2D eigenvalue weighted by Gasteiger charge is -2.33. The molecule has 1 fully saturated rings. The van der Waals surface area contributed by atoms with E-state index in [9.17, 15) is 4.79 Å². The molecule has 8 nitrogen and oxygen atoms in total. The number of benzene rings is 2. The summed E-state index contributed by atoms with van der Waals surface area (Å²) in [5.74, 6) is 1.21. The van der Waals surface area contributed by atoms with Crippen LogP contribution in [-0.4, -0.2) is 55.3 Å². The normalized spacial score (nSPS) is 17.8. The fourth-order valence-electron chi connectivity index (χ4n) is 3.99. The van der Waals surface area contributed by atoms with Gasteiger partial charge in [-0.2, -0.15) is 0 Å². The summed E-state index contributed by atoms with van der Waals surface area (Å²) in [7, 11) is 3.08. The van der Waals surface area contributed by atoms with Crippen LogP contribution in [0, 0.1) is 0 Å². The number of aromatic nitrogens is 2. The Bertz CT molecular complexity index is 1210. The van der Waals surface area contributed by atoms with Gasteiger partial charge in [-0.25, -0.2) is 9.97 Å². The van der Waals surface area contributed by atoms with E-state index in [0.29, 0.717) is 39.6 Å². The average Bonchev–Trinajstić information content (AvgIpc) is 2.85. The van der Waals surface area contributed by atoms with Crippen molar-refractivity contribution in [3.63, 3.8) is 0 Å². The molecular weight excluding hydrogens is 477 g/mol. The highest BCUT2D eigenvalue weighted by atomic mass is 35.5. The number of nitrogens with one attached hydrogen (secondary N) is 3.